The zero-order valence-electron chi connectivity index (χ0n) is 11.7. The van der Waals surface area contributed by atoms with Crippen LogP contribution in [0.4, 0.5) is 10.1 Å². The van der Waals surface area contributed by atoms with Gasteiger partial charge in [0.25, 0.3) is 0 Å². The van der Waals surface area contributed by atoms with Crippen molar-refractivity contribution in [3.05, 3.63) is 24.0 Å². The molecule has 0 saturated carbocycles. The fourth-order valence-corrected chi connectivity index (χ4v) is 1.55. The number of hydrogen-bond acceptors (Lipinski definition) is 3. The number of carbonyl (C=O) groups excluding carboxylic acids is 1. The van der Waals surface area contributed by atoms with Crippen LogP contribution in [-0.2, 0) is 9.59 Å². The van der Waals surface area contributed by atoms with Crippen LogP contribution in [0.2, 0.25) is 0 Å². The summed E-state index contributed by atoms with van der Waals surface area (Å²) in [6, 6.07) is 3.74. The average molecular weight is 283 g/mol. The molecule has 5 nitrogen and oxygen atoms in total. The van der Waals surface area contributed by atoms with E-state index >= 15 is 0 Å². The Morgan fingerprint density at radius 2 is 2.05 bits per heavy atom. The number of rotatable bonds is 6. The standard InChI is InChI=1S/C14H18FNO4/c1-4-20-11-7-9(15)5-6-10(11)16-12(17)8-14(2,3)13(18)19/h5-7H,4,8H2,1-3H3,(H,16,17)(H,18,19). The van der Waals surface area contributed by atoms with Gasteiger partial charge in [0.15, 0.2) is 0 Å². The molecule has 0 unspecified atom stereocenters. The number of nitrogens with one attached hydrogen (secondary N) is 1. The van der Waals surface area contributed by atoms with E-state index < -0.39 is 23.1 Å². The zero-order valence-corrected chi connectivity index (χ0v) is 11.7. The van der Waals surface area contributed by atoms with Gasteiger partial charge in [0.1, 0.15) is 11.6 Å². The Morgan fingerprint density at radius 3 is 2.60 bits per heavy atom. The smallest absolute Gasteiger partial charge is 0.309 e. The van der Waals surface area contributed by atoms with Crippen LogP contribution in [0.1, 0.15) is 27.2 Å². The van der Waals surface area contributed by atoms with Gasteiger partial charge in [-0.25, -0.2) is 4.39 Å². The monoisotopic (exact) mass is 283 g/mol. The van der Waals surface area contributed by atoms with Gasteiger partial charge in [-0.3, -0.25) is 9.59 Å². The van der Waals surface area contributed by atoms with Gasteiger partial charge in [-0.2, -0.15) is 0 Å². The van der Waals surface area contributed by atoms with Gasteiger partial charge < -0.3 is 15.2 Å². The summed E-state index contributed by atoms with van der Waals surface area (Å²) in [5.74, 6) is -1.78. The maximum atomic E-state index is 13.1. The van der Waals surface area contributed by atoms with Gasteiger partial charge in [0.05, 0.1) is 17.7 Å². The summed E-state index contributed by atoms with van der Waals surface area (Å²) in [5, 5.41) is 11.5. The largest absolute Gasteiger partial charge is 0.492 e. The first-order valence-electron chi connectivity index (χ1n) is 6.22. The molecule has 0 atom stereocenters. The second-order valence-corrected chi connectivity index (χ2v) is 4.99. The van der Waals surface area contributed by atoms with E-state index in [1.807, 2.05) is 0 Å². The van der Waals surface area contributed by atoms with Crippen molar-refractivity contribution in [2.45, 2.75) is 27.2 Å². The van der Waals surface area contributed by atoms with Crippen molar-refractivity contribution in [1.82, 2.24) is 0 Å². The van der Waals surface area contributed by atoms with Crippen molar-refractivity contribution in [1.29, 1.82) is 0 Å². The summed E-state index contributed by atoms with van der Waals surface area (Å²) >= 11 is 0. The van der Waals surface area contributed by atoms with Crippen molar-refractivity contribution < 1.29 is 23.8 Å². The molecule has 0 heterocycles. The number of benzene rings is 1. The molecule has 0 aliphatic carbocycles. The Balaban J connectivity index is 2.83. The summed E-state index contributed by atoms with van der Waals surface area (Å²) in [6.07, 6.45) is -0.189. The van der Waals surface area contributed by atoms with Crippen molar-refractivity contribution in [3.8, 4) is 5.75 Å². The van der Waals surface area contributed by atoms with Gasteiger partial charge in [-0.05, 0) is 32.9 Å². The van der Waals surface area contributed by atoms with E-state index in [4.69, 9.17) is 9.84 Å². The van der Waals surface area contributed by atoms with E-state index in [0.29, 0.717) is 12.3 Å². The van der Waals surface area contributed by atoms with Crippen LogP contribution >= 0.6 is 0 Å². The van der Waals surface area contributed by atoms with E-state index in [9.17, 15) is 14.0 Å². The molecule has 0 radical (unpaired) electrons. The first-order valence-corrected chi connectivity index (χ1v) is 6.22. The zero-order chi connectivity index (χ0) is 15.3. The third-order valence-corrected chi connectivity index (χ3v) is 2.70. The number of halogens is 1. The second-order valence-electron chi connectivity index (χ2n) is 4.99. The first-order chi connectivity index (χ1) is 9.26. The number of amides is 1. The molecule has 1 aromatic rings. The van der Waals surface area contributed by atoms with Crippen molar-refractivity contribution in [2.24, 2.45) is 5.41 Å². The van der Waals surface area contributed by atoms with Gasteiger partial charge in [0.2, 0.25) is 5.91 Å². The van der Waals surface area contributed by atoms with Crippen LogP contribution in [0.5, 0.6) is 5.75 Å². The van der Waals surface area contributed by atoms with Crippen molar-refractivity contribution in [2.75, 3.05) is 11.9 Å². The molecule has 20 heavy (non-hydrogen) atoms. The average Bonchev–Trinajstić information content (AvgIpc) is 2.32. The second kappa shape index (κ2) is 6.36. The summed E-state index contributed by atoms with van der Waals surface area (Å²) in [5.41, 5.74) is -0.852. The normalized spacial score (nSPS) is 11.0. The molecule has 1 rings (SSSR count). The minimum absolute atomic E-state index is 0.189. The molecule has 1 amide bonds. The lowest BCUT2D eigenvalue weighted by Crippen LogP contribution is -2.29. The van der Waals surface area contributed by atoms with Gasteiger partial charge >= 0.3 is 5.97 Å². The van der Waals surface area contributed by atoms with E-state index in [1.54, 1.807) is 6.92 Å². The topological polar surface area (TPSA) is 75.6 Å². The Bertz CT molecular complexity index is 514. The first kappa shape index (κ1) is 15.9. The molecule has 1 aromatic carbocycles. The third kappa shape index (κ3) is 4.22. The Morgan fingerprint density at radius 1 is 1.40 bits per heavy atom. The number of ether oxygens (including phenoxy) is 1. The van der Waals surface area contributed by atoms with E-state index in [-0.39, 0.29) is 12.2 Å². The summed E-state index contributed by atoms with van der Waals surface area (Å²) in [7, 11) is 0. The van der Waals surface area contributed by atoms with Gasteiger partial charge in [0, 0.05) is 12.5 Å². The number of anilines is 1. The Labute approximate surface area is 116 Å². The Hall–Kier alpha value is -2.11. The summed E-state index contributed by atoms with van der Waals surface area (Å²) in [4.78, 5) is 22.8. The highest BCUT2D eigenvalue weighted by Gasteiger charge is 2.30. The maximum Gasteiger partial charge on any atom is 0.309 e. The number of carboxylic acid groups (broad SMARTS) is 1. The number of hydrogen-bond donors (Lipinski definition) is 2. The molecule has 0 bridgehead atoms. The lowest BCUT2D eigenvalue weighted by molar-refractivity contribution is -0.148. The molecular weight excluding hydrogens is 265 g/mol. The van der Waals surface area contributed by atoms with Gasteiger partial charge in [-0.1, -0.05) is 0 Å². The molecule has 0 aliphatic heterocycles. The SMILES string of the molecule is CCOc1cc(F)ccc1NC(=O)CC(C)(C)C(=O)O. The molecule has 0 fully saturated rings. The summed E-state index contributed by atoms with van der Waals surface area (Å²) < 4.78 is 18.3. The van der Waals surface area contributed by atoms with Crippen molar-refractivity contribution >= 4 is 17.6 Å². The molecular formula is C14H18FNO4. The van der Waals surface area contributed by atoms with E-state index in [2.05, 4.69) is 5.32 Å². The molecule has 0 aliphatic rings. The van der Waals surface area contributed by atoms with Crippen molar-refractivity contribution in [3.63, 3.8) is 0 Å². The Kier molecular flexibility index (Phi) is 5.07. The van der Waals surface area contributed by atoms with Crippen LogP contribution < -0.4 is 10.1 Å². The minimum atomic E-state index is -1.17. The van der Waals surface area contributed by atoms with Crippen LogP contribution in [0.15, 0.2) is 18.2 Å². The van der Waals surface area contributed by atoms with Crippen LogP contribution in [0.25, 0.3) is 0 Å². The van der Waals surface area contributed by atoms with E-state index in [1.165, 1.54) is 32.0 Å². The van der Waals surface area contributed by atoms with E-state index in [0.717, 1.165) is 0 Å². The molecule has 6 heteroatoms. The summed E-state index contributed by atoms with van der Waals surface area (Å²) in [6.45, 7) is 4.99. The molecule has 2 N–H and O–H groups in total. The number of aliphatic carboxylic acids is 1. The molecule has 110 valence electrons. The highest BCUT2D eigenvalue weighted by molar-refractivity contribution is 5.95. The number of carboxylic acids is 1. The maximum absolute atomic E-state index is 13.1. The molecule has 0 aromatic heterocycles. The van der Waals surface area contributed by atoms with Crippen LogP contribution in [-0.4, -0.2) is 23.6 Å². The fourth-order valence-electron chi connectivity index (χ4n) is 1.55. The lowest BCUT2D eigenvalue weighted by atomic mass is 9.89. The van der Waals surface area contributed by atoms with Gasteiger partial charge in [-0.15, -0.1) is 0 Å². The minimum Gasteiger partial charge on any atom is -0.492 e. The predicted molar refractivity (Wildman–Crippen MR) is 72.2 cm³/mol. The highest BCUT2D eigenvalue weighted by atomic mass is 19.1. The lowest BCUT2D eigenvalue weighted by Gasteiger charge is -2.19. The third-order valence-electron chi connectivity index (χ3n) is 2.70. The quantitative estimate of drug-likeness (QED) is 0.841. The number of carbonyl (C=O) groups is 2. The van der Waals surface area contributed by atoms with Crippen LogP contribution in [0, 0.1) is 11.2 Å². The molecule has 0 saturated heterocycles. The highest BCUT2D eigenvalue weighted by Crippen LogP contribution is 2.27. The fraction of sp³-hybridized carbons (Fsp3) is 0.429. The molecule has 0 spiro atoms. The predicted octanol–water partition coefficient (Wildman–Crippen LogP) is 2.66. The van der Waals surface area contributed by atoms with Crippen LogP contribution in [0.3, 0.4) is 0 Å².